The van der Waals surface area contributed by atoms with Crippen molar-refractivity contribution in [1.29, 1.82) is 0 Å². The van der Waals surface area contributed by atoms with Gasteiger partial charge < -0.3 is 36.9 Å². The molecule has 69 heavy (non-hydrogen) atoms. The quantitative estimate of drug-likeness (QED) is 0.0664. The summed E-state index contributed by atoms with van der Waals surface area (Å²) in [5.74, 6) is -12.2. The second kappa shape index (κ2) is 25.9. The van der Waals surface area contributed by atoms with E-state index in [2.05, 4.69) is 15.4 Å². The number of methoxy groups -OCH3 is 1. The van der Waals surface area contributed by atoms with Gasteiger partial charge in [-0.15, -0.1) is 0 Å². The summed E-state index contributed by atoms with van der Waals surface area (Å²) in [4.78, 5) is 36.4. The van der Waals surface area contributed by atoms with E-state index in [4.69, 9.17) is 4.74 Å². The summed E-state index contributed by atoms with van der Waals surface area (Å²) in [5, 5.41) is 33.1. The van der Waals surface area contributed by atoms with Gasteiger partial charge >= 0.3 is 24.8 Å². The first-order chi connectivity index (χ1) is 31.7. The van der Waals surface area contributed by atoms with E-state index >= 15 is 0 Å². The Morgan fingerprint density at radius 3 is 1.41 bits per heavy atom. The first kappa shape index (κ1) is 58.5. The number of esters is 1. The van der Waals surface area contributed by atoms with Crippen molar-refractivity contribution in [3.05, 3.63) is 118 Å². The number of rotatable bonds is 10. The molecule has 3 aliphatic heterocycles. The SMILES string of the molecule is C1CCOC1.COC(=O)c1ccc(C(=O)Nc2cc(F)c(F)c(F)c2)cc1S(=O)(=O)N1CCC(O)CC1.O=C(Nc1cc(F)c(F)c(F)c1)c1ccc(CO)c(S(=O)(=O)N2CCC(O)CC2)c1.[B].[H-].[Li+]. The summed E-state index contributed by atoms with van der Waals surface area (Å²) in [6, 6.07) is 9.03. The molecular formula is C43H47BF6LiN4O12S2. The number of carbonyl (C=O) groups excluding carboxylic acids is 3. The van der Waals surface area contributed by atoms with Gasteiger partial charge in [-0.3, -0.25) is 9.59 Å². The zero-order valence-corrected chi connectivity index (χ0v) is 38.8. The molecule has 16 nitrogen and oxygen atoms in total. The van der Waals surface area contributed by atoms with Crippen LogP contribution in [0.4, 0.5) is 37.7 Å². The molecular weight excluding hydrogens is 960 g/mol. The number of nitrogens with one attached hydrogen (secondary N) is 2. The number of amides is 2. The van der Waals surface area contributed by atoms with E-state index in [0.29, 0.717) is 24.3 Å². The van der Waals surface area contributed by atoms with Crippen LogP contribution < -0.4 is 29.5 Å². The van der Waals surface area contributed by atoms with Crippen LogP contribution in [0.15, 0.2) is 70.5 Å². The average molecular weight is 1010 g/mol. The van der Waals surface area contributed by atoms with Crippen LogP contribution in [0.5, 0.6) is 0 Å². The predicted molar refractivity (Wildman–Crippen MR) is 234 cm³/mol. The van der Waals surface area contributed by atoms with Gasteiger partial charge in [-0.25, -0.2) is 48.0 Å². The fourth-order valence-electron chi connectivity index (χ4n) is 6.84. The number of aliphatic hydroxyl groups is 3. The van der Waals surface area contributed by atoms with E-state index < -0.39 is 102 Å². The molecule has 5 N–H and O–H groups in total. The van der Waals surface area contributed by atoms with Gasteiger partial charge in [0.15, 0.2) is 34.9 Å². The van der Waals surface area contributed by atoms with Gasteiger partial charge in [0.05, 0.1) is 41.3 Å². The zero-order chi connectivity index (χ0) is 49.2. The number of hydrogen-bond donors (Lipinski definition) is 5. The number of carbonyl (C=O) groups is 3. The molecule has 0 saturated carbocycles. The van der Waals surface area contributed by atoms with Crippen LogP contribution >= 0.6 is 0 Å². The molecule has 0 bridgehead atoms. The Hall–Kier alpha value is -4.81. The average Bonchev–Trinajstić information content (AvgIpc) is 3.91. The maximum atomic E-state index is 13.4. The van der Waals surface area contributed by atoms with Gasteiger partial charge in [-0.2, -0.15) is 8.61 Å². The Morgan fingerprint density at radius 1 is 0.667 bits per heavy atom. The summed E-state index contributed by atoms with van der Waals surface area (Å²) in [6.45, 7) is 1.59. The fourth-order valence-corrected chi connectivity index (χ4v) is 10.2. The number of ether oxygens (including phenoxy) is 2. The largest absolute Gasteiger partial charge is 1.00 e. The number of piperidine rings is 2. The second-order valence-corrected chi connectivity index (χ2v) is 19.0. The molecule has 3 fully saturated rings. The number of benzene rings is 4. The van der Waals surface area contributed by atoms with Crippen molar-refractivity contribution in [3.8, 4) is 0 Å². The zero-order valence-electron chi connectivity index (χ0n) is 38.2. The predicted octanol–water partition coefficient (Wildman–Crippen LogP) is 1.81. The van der Waals surface area contributed by atoms with Crippen molar-refractivity contribution >= 4 is 57.6 Å². The number of sulfonamides is 2. The molecule has 0 aromatic heterocycles. The molecule has 0 spiro atoms. The van der Waals surface area contributed by atoms with Crippen molar-refractivity contribution in [2.24, 2.45) is 0 Å². The summed E-state index contributed by atoms with van der Waals surface area (Å²) < 4.78 is 144. The number of aliphatic hydroxyl groups excluding tert-OH is 3. The van der Waals surface area contributed by atoms with Crippen molar-refractivity contribution in [1.82, 2.24) is 8.61 Å². The Morgan fingerprint density at radius 2 is 1.04 bits per heavy atom. The molecule has 2 amide bonds. The Balaban J connectivity index is 0.000000419. The van der Waals surface area contributed by atoms with Crippen LogP contribution in [-0.2, 0) is 36.1 Å². The van der Waals surface area contributed by atoms with Gasteiger partial charge in [0.2, 0.25) is 20.0 Å². The molecule has 369 valence electrons. The van der Waals surface area contributed by atoms with E-state index in [0.717, 1.165) is 53.2 Å². The molecule has 3 radical (unpaired) electrons. The van der Waals surface area contributed by atoms with Crippen molar-refractivity contribution < 1.29 is 103 Å². The van der Waals surface area contributed by atoms with Crippen molar-refractivity contribution in [2.75, 3.05) is 57.1 Å². The Kier molecular flexibility index (Phi) is 21.9. The summed E-state index contributed by atoms with van der Waals surface area (Å²) in [6.07, 6.45) is 2.24. The smallest absolute Gasteiger partial charge is 1.00 e. The molecule has 0 aliphatic carbocycles. The van der Waals surface area contributed by atoms with Gasteiger partial charge in [0.25, 0.3) is 11.8 Å². The maximum Gasteiger partial charge on any atom is 1.00 e. The second-order valence-electron chi connectivity index (χ2n) is 15.2. The molecule has 3 aliphatic rings. The summed E-state index contributed by atoms with van der Waals surface area (Å²) in [5.41, 5.74) is -1.37. The molecule has 26 heteroatoms. The number of nitrogens with zero attached hydrogens (tertiary/aromatic N) is 2. The monoisotopic (exact) mass is 1010 g/mol. The first-order valence-corrected chi connectivity index (χ1v) is 23.4. The van der Waals surface area contributed by atoms with E-state index in [9.17, 15) is 72.9 Å². The van der Waals surface area contributed by atoms with Crippen LogP contribution in [-0.4, -0.2) is 126 Å². The topological polar surface area (TPSA) is 229 Å². The third kappa shape index (κ3) is 14.9. The molecule has 3 heterocycles. The van der Waals surface area contributed by atoms with Crippen LogP contribution in [0.2, 0.25) is 0 Å². The van der Waals surface area contributed by atoms with Crippen molar-refractivity contribution in [3.63, 3.8) is 0 Å². The minimum atomic E-state index is -4.25. The summed E-state index contributed by atoms with van der Waals surface area (Å²) >= 11 is 0. The van der Waals surface area contributed by atoms with Crippen LogP contribution in [0.1, 0.15) is 76.6 Å². The summed E-state index contributed by atoms with van der Waals surface area (Å²) in [7, 11) is -7.25. The number of anilines is 2. The van der Waals surface area contributed by atoms with E-state index in [-0.39, 0.29) is 113 Å². The molecule has 4 aromatic carbocycles. The van der Waals surface area contributed by atoms with E-state index in [1.165, 1.54) is 25.0 Å². The Labute approximate surface area is 409 Å². The standard InChI is InChI=1S/C20H19F3N2O6S.C19H19F3N2O5S.C4H8O.B.Li.H/c1-31-20(28)14-3-2-11(19(27)24-12-9-15(21)18(23)16(22)10-12)8-17(14)32(29,30)25-6-4-13(26)5-7-25;20-15-8-13(9-16(21)18(15)22)23-19(27)11-1-2-12(10-25)17(7-11)30(28,29)24-5-3-14(26)4-6-24;1-2-4-5-3-1;;;/h2-3,8-10,13,26H,4-7H2,1H3,(H,24,27);1-2,7-9,14,25-26H,3-6,10H2,(H,23,27);1-4H2;;;/q;;;;+1;-1. The van der Waals surface area contributed by atoms with Crippen LogP contribution in [0.25, 0.3) is 0 Å². The minimum absolute atomic E-state index is 0. The van der Waals surface area contributed by atoms with Crippen molar-refractivity contribution in [2.45, 2.75) is 67.1 Å². The van der Waals surface area contributed by atoms with Gasteiger partial charge in [0, 0.05) is 94.6 Å². The molecule has 7 rings (SSSR count). The molecule has 0 unspecified atom stereocenters. The molecule has 3 saturated heterocycles. The van der Waals surface area contributed by atoms with Crippen LogP contribution in [0.3, 0.4) is 0 Å². The van der Waals surface area contributed by atoms with Gasteiger partial charge in [0.1, 0.15) is 0 Å². The maximum absolute atomic E-state index is 13.4. The van der Waals surface area contributed by atoms with Gasteiger partial charge in [-0.1, -0.05) is 6.07 Å². The number of halogens is 6. The van der Waals surface area contributed by atoms with Crippen LogP contribution in [0, 0.1) is 34.9 Å². The molecule has 0 atom stereocenters. The fraction of sp³-hybridized carbons (Fsp3) is 0.372. The molecule has 4 aromatic rings. The van der Waals surface area contributed by atoms with E-state index in [1.807, 2.05) is 0 Å². The van der Waals surface area contributed by atoms with Gasteiger partial charge in [-0.05, 0) is 74.4 Å². The minimum Gasteiger partial charge on any atom is -1.00 e. The number of hydrogen-bond acceptors (Lipinski definition) is 12. The third-order valence-electron chi connectivity index (χ3n) is 10.5. The third-order valence-corrected chi connectivity index (χ3v) is 14.5. The Bertz CT molecular complexity index is 2650. The first-order valence-electron chi connectivity index (χ1n) is 20.5. The normalized spacial score (nSPS) is 15.8. The van der Waals surface area contributed by atoms with E-state index in [1.54, 1.807) is 0 Å².